The van der Waals surface area contributed by atoms with Crippen LogP contribution in [-0.2, 0) is 0 Å². The fourth-order valence-electron chi connectivity index (χ4n) is 4.26. The summed E-state index contributed by atoms with van der Waals surface area (Å²) in [6, 6.07) is 8.34. The Morgan fingerprint density at radius 3 is 2.66 bits per heavy atom. The van der Waals surface area contributed by atoms with Gasteiger partial charge in [-0.25, -0.2) is 0 Å². The minimum atomic E-state index is 0.573. The van der Waals surface area contributed by atoms with Crippen molar-refractivity contribution in [2.75, 3.05) is 29.9 Å². The summed E-state index contributed by atoms with van der Waals surface area (Å²) in [6.45, 7) is 6.61. The number of anilines is 3. The third kappa shape index (κ3) is 4.52. The molecule has 0 bridgehead atoms. The molecule has 0 spiro atoms. The van der Waals surface area contributed by atoms with Crippen molar-refractivity contribution < 1.29 is 4.74 Å². The van der Waals surface area contributed by atoms with Crippen LogP contribution in [0.1, 0.15) is 56.3 Å². The van der Waals surface area contributed by atoms with Gasteiger partial charge in [-0.2, -0.15) is 0 Å². The van der Waals surface area contributed by atoms with Crippen molar-refractivity contribution in [3.63, 3.8) is 0 Å². The highest BCUT2D eigenvalue weighted by Crippen LogP contribution is 2.40. The summed E-state index contributed by atoms with van der Waals surface area (Å²) < 4.78 is 5.80. The molecule has 0 atom stereocenters. The maximum absolute atomic E-state index is 5.80. The molecule has 2 aliphatic rings. The standard InChI is InChI=1S/C25H30N6O/c1-3-32-25-24(31-11-5-4-6-12-31)15-23(29-30-25)21-13-20(16-27-17(21)2)28-19-9-10-26-22(14-19)18-7-8-18/h9-10,13-16,18H,3-8,11-12H2,1-2H3,(H,26,28). The molecule has 7 heteroatoms. The van der Waals surface area contributed by atoms with E-state index < -0.39 is 0 Å². The number of hydrogen-bond acceptors (Lipinski definition) is 7. The molecule has 32 heavy (non-hydrogen) atoms. The van der Waals surface area contributed by atoms with E-state index >= 15 is 0 Å². The number of rotatable bonds is 7. The molecule has 5 rings (SSSR count). The Hall–Kier alpha value is -3.22. The van der Waals surface area contributed by atoms with Crippen LogP contribution in [0.3, 0.4) is 0 Å². The first-order valence-corrected chi connectivity index (χ1v) is 11.7. The summed E-state index contributed by atoms with van der Waals surface area (Å²) >= 11 is 0. The number of piperidine rings is 1. The zero-order valence-electron chi connectivity index (χ0n) is 18.8. The van der Waals surface area contributed by atoms with Gasteiger partial charge < -0.3 is 15.0 Å². The SMILES string of the molecule is CCOc1nnc(-c2cc(Nc3ccnc(C4CC4)c3)cnc2C)cc1N1CCCCC1. The molecule has 7 nitrogen and oxygen atoms in total. The number of nitrogens with zero attached hydrogens (tertiary/aromatic N) is 5. The third-order valence-corrected chi connectivity index (χ3v) is 6.15. The summed E-state index contributed by atoms with van der Waals surface area (Å²) in [7, 11) is 0. The van der Waals surface area contributed by atoms with E-state index in [1.165, 1.54) is 37.8 Å². The maximum atomic E-state index is 5.80. The summed E-state index contributed by atoms with van der Waals surface area (Å²) in [5.41, 5.74) is 6.86. The van der Waals surface area contributed by atoms with E-state index in [0.717, 1.165) is 47.1 Å². The Morgan fingerprint density at radius 2 is 1.88 bits per heavy atom. The topological polar surface area (TPSA) is 76.1 Å². The smallest absolute Gasteiger partial charge is 0.257 e. The molecule has 166 valence electrons. The van der Waals surface area contributed by atoms with Gasteiger partial charge in [0, 0.05) is 47.8 Å². The lowest BCUT2D eigenvalue weighted by atomic mass is 10.1. The average molecular weight is 431 g/mol. The van der Waals surface area contributed by atoms with Gasteiger partial charge in [0.2, 0.25) is 0 Å². The number of aryl methyl sites for hydroxylation is 1. The fourth-order valence-corrected chi connectivity index (χ4v) is 4.26. The Balaban J connectivity index is 1.45. The van der Waals surface area contributed by atoms with Crippen LogP contribution in [0.15, 0.2) is 36.7 Å². The van der Waals surface area contributed by atoms with Gasteiger partial charge in [0.25, 0.3) is 5.88 Å². The van der Waals surface area contributed by atoms with Crippen molar-refractivity contribution in [1.82, 2.24) is 20.2 Å². The lowest BCUT2D eigenvalue weighted by Gasteiger charge is -2.29. The quantitative estimate of drug-likeness (QED) is 0.548. The van der Waals surface area contributed by atoms with Gasteiger partial charge in [0.1, 0.15) is 5.69 Å². The molecule has 0 aromatic carbocycles. The predicted molar refractivity (Wildman–Crippen MR) is 127 cm³/mol. The van der Waals surface area contributed by atoms with Crippen LogP contribution in [0, 0.1) is 6.92 Å². The molecule has 1 saturated heterocycles. The van der Waals surface area contributed by atoms with Gasteiger partial charge in [-0.1, -0.05) is 0 Å². The van der Waals surface area contributed by atoms with Gasteiger partial charge in [0.15, 0.2) is 0 Å². The second-order valence-corrected chi connectivity index (χ2v) is 8.63. The van der Waals surface area contributed by atoms with E-state index in [0.29, 0.717) is 18.4 Å². The van der Waals surface area contributed by atoms with Crippen LogP contribution in [0.2, 0.25) is 0 Å². The lowest BCUT2D eigenvalue weighted by Crippen LogP contribution is -2.30. The predicted octanol–water partition coefficient (Wildman–Crippen LogP) is 5.25. The fraction of sp³-hybridized carbons (Fsp3) is 0.440. The van der Waals surface area contributed by atoms with Crippen molar-refractivity contribution in [2.24, 2.45) is 0 Å². The minimum Gasteiger partial charge on any atom is -0.475 e. The van der Waals surface area contributed by atoms with Crippen molar-refractivity contribution >= 4 is 17.1 Å². The van der Waals surface area contributed by atoms with E-state index in [2.05, 4.69) is 48.6 Å². The number of hydrogen-bond donors (Lipinski definition) is 1. The molecule has 1 saturated carbocycles. The molecule has 4 heterocycles. The van der Waals surface area contributed by atoms with Gasteiger partial charge in [0.05, 0.1) is 24.2 Å². The summed E-state index contributed by atoms with van der Waals surface area (Å²) in [4.78, 5) is 11.5. The molecule has 0 amide bonds. The monoisotopic (exact) mass is 430 g/mol. The number of pyridine rings is 2. The normalized spacial score (nSPS) is 16.1. The highest BCUT2D eigenvalue weighted by molar-refractivity contribution is 5.73. The summed E-state index contributed by atoms with van der Waals surface area (Å²) in [5.74, 6) is 1.23. The molecule has 2 fully saturated rings. The molecular weight excluding hydrogens is 400 g/mol. The molecule has 3 aromatic rings. The van der Waals surface area contributed by atoms with Crippen molar-refractivity contribution in [3.05, 3.63) is 48.0 Å². The van der Waals surface area contributed by atoms with Gasteiger partial charge in [-0.15, -0.1) is 10.2 Å². The van der Waals surface area contributed by atoms with Crippen LogP contribution in [0.25, 0.3) is 11.3 Å². The molecule has 3 aromatic heterocycles. The van der Waals surface area contributed by atoms with Crippen LogP contribution in [0.5, 0.6) is 5.88 Å². The summed E-state index contributed by atoms with van der Waals surface area (Å²) in [5, 5.41) is 12.4. The van der Waals surface area contributed by atoms with E-state index in [9.17, 15) is 0 Å². The second-order valence-electron chi connectivity index (χ2n) is 8.63. The lowest BCUT2D eigenvalue weighted by molar-refractivity contribution is 0.322. The number of ether oxygens (including phenoxy) is 1. The molecule has 0 unspecified atom stereocenters. The van der Waals surface area contributed by atoms with Gasteiger partial charge >= 0.3 is 0 Å². The molecular formula is C25H30N6O. The maximum Gasteiger partial charge on any atom is 0.257 e. The zero-order valence-corrected chi connectivity index (χ0v) is 18.8. The Bertz CT molecular complexity index is 1090. The van der Waals surface area contributed by atoms with E-state index in [1.807, 2.05) is 32.3 Å². The third-order valence-electron chi connectivity index (χ3n) is 6.15. The zero-order chi connectivity index (χ0) is 21.9. The minimum absolute atomic E-state index is 0.573. The van der Waals surface area contributed by atoms with Gasteiger partial charge in [-0.05, 0) is 70.2 Å². The van der Waals surface area contributed by atoms with Crippen molar-refractivity contribution in [2.45, 2.75) is 51.9 Å². The van der Waals surface area contributed by atoms with E-state index in [1.54, 1.807) is 0 Å². The number of nitrogens with one attached hydrogen (secondary N) is 1. The van der Waals surface area contributed by atoms with E-state index in [4.69, 9.17) is 4.74 Å². The van der Waals surface area contributed by atoms with E-state index in [-0.39, 0.29) is 0 Å². The molecule has 1 N–H and O–H groups in total. The molecule has 0 radical (unpaired) electrons. The first kappa shape index (κ1) is 20.7. The Labute approximate surface area is 189 Å². The van der Waals surface area contributed by atoms with Crippen molar-refractivity contribution in [3.8, 4) is 17.1 Å². The molecule has 1 aliphatic carbocycles. The number of aromatic nitrogens is 4. The van der Waals surface area contributed by atoms with Crippen molar-refractivity contribution in [1.29, 1.82) is 0 Å². The first-order chi connectivity index (χ1) is 15.7. The molecule has 1 aliphatic heterocycles. The van der Waals surface area contributed by atoms with Gasteiger partial charge in [-0.3, -0.25) is 9.97 Å². The highest BCUT2D eigenvalue weighted by atomic mass is 16.5. The largest absolute Gasteiger partial charge is 0.475 e. The van der Waals surface area contributed by atoms with Crippen LogP contribution >= 0.6 is 0 Å². The highest BCUT2D eigenvalue weighted by Gasteiger charge is 2.25. The van der Waals surface area contributed by atoms with Crippen LogP contribution < -0.4 is 15.0 Å². The van der Waals surface area contributed by atoms with Crippen LogP contribution in [0.4, 0.5) is 17.1 Å². The first-order valence-electron chi connectivity index (χ1n) is 11.7. The Kier molecular flexibility index (Phi) is 5.88. The second kappa shape index (κ2) is 9.10. The Morgan fingerprint density at radius 1 is 1.03 bits per heavy atom. The summed E-state index contributed by atoms with van der Waals surface area (Å²) in [6.07, 6.45) is 9.88. The average Bonchev–Trinajstić information content (AvgIpc) is 3.67. The van der Waals surface area contributed by atoms with Crippen LogP contribution in [-0.4, -0.2) is 39.9 Å².